The van der Waals surface area contributed by atoms with Crippen molar-refractivity contribution in [2.75, 3.05) is 13.2 Å². The van der Waals surface area contributed by atoms with Gasteiger partial charge in [-0.15, -0.1) is 6.42 Å². The molecule has 5 nitrogen and oxygen atoms in total. The maximum absolute atomic E-state index is 11.7. The minimum Gasteiger partial charge on any atom is -0.392 e. The van der Waals surface area contributed by atoms with E-state index in [9.17, 15) is 9.90 Å². The molecule has 0 aromatic rings. The molecule has 2 atom stereocenters. The topological polar surface area (TPSA) is 61.8 Å². The van der Waals surface area contributed by atoms with E-state index in [1.165, 1.54) is 4.90 Å². The van der Waals surface area contributed by atoms with Gasteiger partial charge in [-0.25, -0.2) is 4.79 Å². The third kappa shape index (κ3) is 2.05. The molecule has 0 saturated heterocycles. The average Bonchev–Trinajstić information content (AvgIpc) is 2.77. The molecule has 2 aliphatic heterocycles. The van der Waals surface area contributed by atoms with Crippen molar-refractivity contribution in [1.29, 1.82) is 0 Å². The zero-order valence-electron chi connectivity index (χ0n) is 9.51. The molecule has 2 amide bonds. The number of amides is 2. The van der Waals surface area contributed by atoms with Crippen LogP contribution in [-0.2, 0) is 4.74 Å². The standard InChI is InChI=1S/C12H14N2O3/c1-3-12(8-15)5-4-10(17-12)14-7-9(2)6-13-11(14)16/h1,4-5,7,10,15H,6,8H2,2H3,(H,13,16). The molecular weight excluding hydrogens is 220 g/mol. The normalized spacial score (nSPS) is 32.1. The first-order valence-corrected chi connectivity index (χ1v) is 5.29. The summed E-state index contributed by atoms with van der Waals surface area (Å²) >= 11 is 0. The average molecular weight is 234 g/mol. The monoisotopic (exact) mass is 234 g/mol. The van der Waals surface area contributed by atoms with Gasteiger partial charge in [0, 0.05) is 12.7 Å². The van der Waals surface area contributed by atoms with Gasteiger partial charge in [0.05, 0.1) is 6.61 Å². The number of terminal acetylenes is 1. The molecule has 17 heavy (non-hydrogen) atoms. The van der Waals surface area contributed by atoms with Gasteiger partial charge in [-0.05, 0) is 24.6 Å². The van der Waals surface area contributed by atoms with Crippen LogP contribution < -0.4 is 5.32 Å². The molecule has 2 N–H and O–H groups in total. The van der Waals surface area contributed by atoms with Gasteiger partial charge < -0.3 is 15.2 Å². The lowest BCUT2D eigenvalue weighted by molar-refractivity contribution is -0.0593. The van der Waals surface area contributed by atoms with Crippen LogP contribution in [0.5, 0.6) is 0 Å². The van der Waals surface area contributed by atoms with Crippen molar-refractivity contribution in [2.45, 2.75) is 18.8 Å². The Kier molecular flexibility index (Phi) is 2.92. The molecule has 0 aliphatic carbocycles. The highest BCUT2D eigenvalue weighted by Gasteiger charge is 2.37. The van der Waals surface area contributed by atoms with E-state index < -0.39 is 11.8 Å². The first-order valence-electron chi connectivity index (χ1n) is 5.29. The summed E-state index contributed by atoms with van der Waals surface area (Å²) in [4.78, 5) is 13.1. The number of carbonyl (C=O) groups excluding carboxylic acids is 1. The number of hydrogen-bond donors (Lipinski definition) is 2. The van der Waals surface area contributed by atoms with Gasteiger partial charge in [0.2, 0.25) is 0 Å². The maximum Gasteiger partial charge on any atom is 0.324 e. The van der Waals surface area contributed by atoms with Crippen molar-refractivity contribution in [1.82, 2.24) is 10.2 Å². The van der Waals surface area contributed by atoms with E-state index in [1.807, 2.05) is 6.92 Å². The molecule has 0 fully saturated rings. The predicted octanol–water partition coefficient (Wildman–Crippen LogP) is 0.192. The highest BCUT2D eigenvalue weighted by Crippen LogP contribution is 2.26. The number of hydrogen-bond acceptors (Lipinski definition) is 3. The fraction of sp³-hybridized carbons (Fsp3) is 0.417. The van der Waals surface area contributed by atoms with Crippen molar-refractivity contribution >= 4 is 6.03 Å². The summed E-state index contributed by atoms with van der Waals surface area (Å²) in [6.07, 6.45) is 9.73. The molecule has 2 aliphatic rings. The Labute approximate surface area is 99.7 Å². The third-order valence-corrected chi connectivity index (χ3v) is 2.73. The summed E-state index contributed by atoms with van der Waals surface area (Å²) in [6, 6.07) is -0.240. The van der Waals surface area contributed by atoms with E-state index in [-0.39, 0.29) is 12.6 Å². The van der Waals surface area contributed by atoms with Crippen molar-refractivity contribution < 1.29 is 14.6 Å². The van der Waals surface area contributed by atoms with Gasteiger partial charge in [0.15, 0.2) is 11.8 Å². The first-order chi connectivity index (χ1) is 8.10. The highest BCUT2D eigenvalue weighted by molar-refractivity contribution is 5.77. The minimum absolute atomic E-state index is 0.240. The quantitative estimate of drug-likeness (QED) is 0.529. The Balaban J connectivity index is 2.17. The number of aliphatic hydroxyl groups excluding tert-OH is 1. The zero-order valence-corrected chi connectivity index (χ0v) is 9.51. The van der Waals surface area contributed by atoms with Gasteiger partial charge in [-0.2, -0.15) is 0 Å². The molecular formula is C12H14N2O3. The predicted molar refractivity (Wildman–Crippen MR) is 61.7 cm³/mol. The number of aliphatic hydroxyl groups is 1. The minimum atomic E-state index is -1.12. The lowest BCUT2D eigenvalue weighted by Crippen LogP contribution is -2.48. The van der Waals surface area contributed by atoms with Crippen LogP contribution in [-0.4, -0.2) is 41.0 Å². The van der Waals surface area contributed by atoms with Gasteiger partial charge in [0.1, 0.15) is 0 Å². The Bertz CT molecular complexity index is 436. The number of urea groups is 1. The molecule has 5 heteroatoms. The number of carbonyl (C=O) groups is 1. The molecule has 2 rings (SSSR count). The SMILES string of the molecule is C#CC1(CO)C=CC(N2C=C(C)CNC2=O)O1. The summed E-state index contributed by atoms with van der Waals surface area (Å²) < 4.78 is 5.53. The van der Waals surface area contributed by atoms with Crippen LogP contribution in [0.4, 0.5) is 4.79 Å². The lowest BCUT2D eigenvalue weighted by Gasteiger charge is -2.31. The fourth-order valence-electron chi connectivity index (χ4n) is 1.74. The van der Waals surface area contributed by atoms with E-state index in [4.69, 9.17) is 11.2 Å². The zero-order chi connectivity index (χ0) is 12.5. The van der Waals surface area contributed by atoms with Crippen molar-refractivity contribution in [2.24, 2.45) is 0 Å². The van der Waals surface area contributed by atoms with Crippen LogP contribution in [0.3, 0.4) is 0 Å². The van der Waals surface area contributed by atoms with Gasteiger partial charge in [0.25, 0.3) is 0 Å². The molecule has 0 aromatic heterocycles. The van der Waals surface area contributed by atoms with Crippen LogP contribution in [0.25, 0.3) is 0 Å². The number of nitrogens with one attached hydrogen (secondary N) is 1. The van der Waals surface area contributed by atoms with E-state index in [1.54, 1.807) is 18.4 Å². The largest absolute Gasteiger partial charge is 0.392 e. The molecule has 2 heterocycles. The number of ether oxygens (including phenoxy) is 1. The van der Waals surface area contributed by atoms with E-state index in [0.29, 0.717) is 6.54 Å². The molecule has 2 unspecified atom stereocenters. The lowest BCUT2D eigenvalue weighted by atomic mass is 10.1. The smallest absolute Gasteiger partial charge is 0.324 e. The van der Waals surface area contributed by atoms with E-state index in [0.717, 1.165) is 5.57 Å². The highest BCUT2D eigenvalue weighted by atomic mass is 16.5. The Morgan fingerprint density at radius 3 is 3.18 bits per heavy atom. The second-order valence-electron chi connectivity index (χ2n) is 4.10. The second kappa shape index (κ2) is 4.24. The molecule has 0 saturated carbocycles. The number of rotatable bonds is 2. The maximum atomic E-state index is 11.7. The van der Waals surface area contributed by atoms with Crippen LogP contribution in [0.1, 0.15) is 6.92 Å². The first kappa shape index (κ1) is 11.7. The van der Waals surface area contributed by atoms with Crippen LogP contribution >= 0.6 is 0 Å². The molecule has 90 valence electrons. The summed E-state index contributed by atoms with van der Waals surface area (Å²) in [5.74, 6) is 2.38. The summed E-state index contributed by atoms with van der Waals surface area (Å²) in [7, 11) is 0. The summed E-state index contributed by atoms with van der Waals surface area (Å²) in [5.41, 5.74) is -0.103. The van der Waals surface area contributed by atoms with Gasteiger partial charge in [-0.1, -0.05) is 5.92 Å². The summed E-state index contributed by atoms with van der Waals surface area (Å²) in [6.45, 7) is 2.13. The van der Waals surface area contributed by atoms with Crippen LogP contribution in [0.2, 0.25) is 0 Å². The number of nitrogens with zero attached hydrogens (tertiary/aromatic N) is 1. The van der Waals surface area contributed by atoms with E-state index >= 15 is 0 Å². The van der Waals surface area contributed by atoms with Crippen molar-refractivity contribution in [3.8, 4) is 12.3 Å². The van der Waals surface area contributed by atoms with Gasteiger partial charge >= 0.3 is 6.03 Å². The molecule has 0 radical (unpaired) electrons. The Morgan fingerprint density at radius 1 is 1.82 bits per heavy atom. The Morgan fingerprint density at radius 2 is 2.59 bits per heavy atom. The van der Waals surface area contributed by atoms with Crippen LogP contribution in [0, 0.1) is 12.3 Å². The fourth-order valence-corrected chi connectivity index (χ4v) is 1.74. The molecule has 0 aromatic carbocycles. The van der Waals surface area contributed by atoms with Gasteiger partial charge in [-0.3, -0.25) is 4.90 Å². The molecule has 0 spiro atoms. The summed E-state index contributed by atoms with van der Waals surface area (Å²) in [5, 5.41) is 11.9. The Hall–Kier alpha value is -1.77. The third-order valence-electron chi connectivity index (χ3n) is 2.73. The second-order valence-corrected chi connectivity index (χ2v) is 4.10. The molecule has 0 bridgehead atoms. The van der Waals surface area contributed by atoms with Crippen molar-refractivity contribution in [3.05, 3.63) is 23.9 Å². The van der Waals surface area contributed by atoms with Crippen LogP contribution in [0.15, 0.2) is 23.9 Å². The van der Waals surface area contributed by atoms with Crippen molar-refractivity contribution in [3.63, 3.8) is 0 Å². The van der Waals surface area contributed by atoms with E-state index in [2.05, 4.69) is 11.2 Å².